The smallest absolute Gasteiger partial charge is 0.409 e. The maximum atomic E-state index is 11.6. The summed E-state index contributed by atoms with van der Waals surface area (Å²) in [5.41, 5.74) is 0. The largest absolute Gasteiger partial charge is 0.481 e. The molecule has 0 aliphatic carbocycles. The van der Waals surface area contributed by atoms with Gasteiger partial charge in [-0.3, -0.25) is 5.41 Å². The number of likely N-dealkylation sites (tertiary alicyclic amines) is 1. The predicted octanol–water partition coefficient (Wildman–Crippen LogP) is 3.07. The highest BCUT2D eigenvalue weighted by Gasteiger charge is 2.22. The van der Waals surface area contributed by atoms with Gasteiger partial charge in [0, 0.05) is 19.5 Å². The number of halogens is 1. The minimum absolute atomic E-state index is 0. The van der Waals surface area contributed by atoms with Crippen LogP contribution in [0.1, 0.15) is 39.5 Å². The van der Waals surface area contributed by atoms with Crippen LogP contribution in [0.4, 0.5) is 4.79 Å². The molecule has 1 amide bonds. The third-order valence-electron chi connectivity index (χ3n) is 3.17. The van der Waals surface area contributed by atoms with Crippen LogP contribution in [0.15, 0.2) is 0 Å². The quantitative estimate of drug-likeness (QED) is 0.640. The van der Waals surface area contributed by atoms with Gasteiger partial charge in [-0.25, -0.2) is 4.79 Å². The van der Waals surface area contributed by atoms with Crippen LogP contribution in [0.3, 0.4) is 0 Å². The van der Waals surface area contributed by atoms with E-state index in [1.165, 1.54) is 0 Å². The Bertz CT molecular complexity index is 287. The normalized spacial score (nSPS) is 19.1. The molecule has 0 saturated carbocycles. The van der Waals surface area contributed by atoms with E-state index in [4.69, 9.17) is 14.9 Å². The van der Waals surface area contributed by atoms with Crippen LogP contribution in [0.25, 0.3) is 0 Å². The van der Waals surface area contributed by atoms with E-state index in [1.807, 2.05) is 13.8 Å². The summed E-state index contributed by atoms with van der Waals surface area (Å²) in [6.07, 6.45) is 3.42. The van der Waals surface area contributed by atoms with Crippen LogP contribution in [-0.2, 0) is 9.47 Å². The Morgan fingerprint density at radius 1 is 1.21 bits per heavy atom. The minimum atomic E-state index is -0.210. The van der Waals surface area contributed by atoms with Crippen molar-refractivity contribution >= 4 is 24.4 Å². The highest BCUT2D eigenvalue weighted by atomic mass is 35.5. The second-order valence-electron chi connectivity index (χ2n) is 4.54. The lowest BCUT2D eigenvalue weighted by Gasteiger charge is -2.19. The number of amides is 1. The van der Waals surface area contributed by atoms with Gasteiger partial charge in [0.05, 0.1) is 13.2 Å². The van der Waals surface area contributed by atoms with Crippen LogP contribution in [0.2, 0.25) is 0 Å². The summed E-state index contributed by atoms with van der Waals surface area (Å²) in [6, 6.07) is 0. The Morgan fingerprint density at radius 2 is 1.89 bits per heavy atom. The molecule has 0 radical (unpaired) electrons. The van der Waals surface area contributed by atoms with Crippen molar-refractivity contribution in [3.05, 3.63) is 0 Å². The number of carbonyl (C=O) groups excluding carboxylic acids is 1. The Kier molecular flexibility index (Phi) is 9.39. The second kappa shape index (κ2) is 9.89. The van der Waals surface area contributed by atoms with E-state index in [0.717, 1.165) is 32.4 Å². The van der Waals surface area contributed by atoms with Crippen molar-refractivity contribution in [2.75, 3.05) is 26.3 Å². The Labute approximate surface area is 121 Å². The van der Waals surface area contributed by atoms with Crippen molar-refractivity contribution in [3.8, 4) is 0 Å². The van der Waals surface area contributed by atoms with Gasteiger partial charge in [-0.05, 0) is 39.0 Å². The molecular formula is C13H25ClN2O3. The first-order valence-electron chi connectivity index (χ1n) is 6.79. The van der Waals surface area contributed by atoms with Gasteiger partial charge in [-0.15, -0.1) is 12.4 Å². The van der Waals surface area contributed by atoms with Crippen LogP contribution in [0.5, 0.6) is 0 Å². The number of carbonyl (C=O) groups is 1. The van der Waals surface area contributed by atoms with E-state index in [9.17, 15) is 4.79 Å². The molecule has 0 aromatic heterocycles. The molecule has 0 spiro atoms. The Morgan fingerprint density at radius 3 is 2.53 bits per heavy atom. The molecule has 1 unspecified atom stereocenters. The zero-order valence-corrected chi connectivity index (χ0v) is 12.6. The predicted molar refractivity (Wildman–Crippen MR) is 77.2 cm³/mol. The first kappa shape index (κ1) is 18.0. The summed E-state index contributed by atoms with van der Waals surface area (Å²) in [5.74, 6) is 0.815. The number of ether oxygens (including phenoxy) is 2. The van der Waals surface area contributed by atoms with Gasteiger partial charge >= 0.3 is 6.09 Å². The summed E-state index contributed by atoms with van der Waals surface area (Å²) in [5, 5.41) is 7.67. The first-order chi connectivity index (χ1) is 8.67. The van der Waals surface area contributed by atoms with E-state index < -0.39 is 0 Å². The lowest BCUT2D eigenvalue weighted by molar-refractivity contribution is 0.108. The first-order valence-corrected chi connectivity index (χ1v) is 6.79. The summed E-state index contributed by atoms with van der Waals surface area (Å²) in [4.78, 5) is 13.4. The molecule has 6 heteroatoms. The molecule has 1 rings (SSSR count). The molecule has 0 bridgehead atoms. The van der Waals surface area contributed by atoms with Gasteiger partial charge < -0.3 is 14.4 Å². The number of hydrogen-bond acceptors (Lipinski definition) is 4. The lowest BCUT2D eigenvalue weighted by atomic mass is 9.97. The molecule has 1 fully saturated rings. The molecule has 0 aromatic rings. The van der Waals surface area contributed by atoms with E-state index in [2.05, 4.69) is 0 Å². The number of hydrogen-bond donors (Lipinski definition) is 1. The molecule has 0 aromatic carbocycles. The summed E-state index contributed by atoms with van der Waals surface area (Å²) >= 11 is 0. The van der Waals surface area contributed by atoms with Gasteiger partial charge in [0.15, 0.2) is 5.90 Å². The fourth-order valence-corrected chi connectivity index (χ4v) is 2.26. The van der Waals surface area contributed by atoms with Crippen LogP contribution >= 0.6 is 12.4 Å². The highest BCUT2D eigenvalue weighted by molar-refractivity contribution is 5.85. The molecule has 1 N–H and O–H groups in total. The Hall–Kier alpha value is -0.970. The van der Waals surface area contributed by atoms with Crippen molar-refractivity contribution in [2.24, 2.45) is 5.92 Å². The Balaban J connectivity index is 0.00000324. The fourth-order valence-electron chi connectivity index (χ4n) is 2.26. The zero-order chi connectivity index (χ0) is 13.4. The zero-order valence-electron chi connectivity index (χ0n) is 11.8. The van der Waals surface area contributed by atoms with Crippen molar-refractivity contribution in [2.45, 2.75) is 39.5 Å². The maximum absolute atomic E-state index is 11.6. The summed E-state index contributed by atoms with van der Waals surface area (Å²) in [6.45, 7) is 6.18. The molecule has 1 saturated heterocycles. The lowest BCUT2D eigenvalue weighted by Crippen LogP contribution is -2.32. The van der Waals surface area contributed by atoms with Gasteiger partial charge in [-0.1, -0.05) is 0 Å². The van der Waals surface area contributed by atoms with Gasteiger partial charge in [0.25, 0.3) is 0 Å². The molecule has 19 heavy (non-hydrogen) atoms. The van der Waals surface area contributed by atoms with E-state index >= 15 is 0 Å². The molecule has 112 valence electrons. The van der Waals surface area contributed by atoms with Crippen LogP contribution in [-0.4, -0.2) is 43.2 Å². The molecule has 1 atom stereocenters. The third-order valence-corrected chi connectivity index (χ3v) is 3.17. The van der Waals surface area contributed by atoms with Gasteiger partial charge in [-0.2, -0.15) is 0 Å². The monoisotopic (exact) mass is 292 g/mol. The highest BCUT2D eigenvalue weighted by Crippen LogP contribution is 2.21. The SMILES string of the molecule is CCOC(=N)CC1CCCN(C(=O)OCC)CC1.Cl. The minimum Gasteiger partial charge on any atom is -0.481 e. The third kappa shape index (κ3) is 6.66. The molecule has 1 aliphatic heterocycles. The average molecular weight is 293 g/mol. The average Bonchev–Trinajstić information content (AvgIpc) is 2.55. The van der Waals surface area contributed by atoms with E-state index in [0.29, 0.717) is 31.5 Å². The molecular weight excluding hydrogens is 268 g/mol. The standard InChI is InChI=1S/C13H24N2O3.ClH/c1-3-17-12(14)10-11-6-5-8-15(9-7-11)13(16)18-4-2;/h11,14H,3-10H2,1-2H3;1H. The number of rotatable bonds is 4. The molecule has 1 heterocycles. The fraction of sp³-hybridized carbons (Fsp3) is 0.846. The van der Waals surface area contributed by atoms with Crippen molar-refractivity contribution in [1.29, 1.82) is 5.41 Å². The van der Waals surface area contributed by atoms with Crippen LogP contribution in [0, 0.1) is 11.3 Å². The van der Waals surface area contributed by atoms with Gasteiger partial charge in [0.1, 0.15) is 0 Å². The summed E-state index contributed by atoms with van der Waals surface area (Å²) in [7, 11) is 0. The summed E-state index contributed by atoms with van der Waals surface area (Å²) < 4.78 is 10.2. The van der Waals surface area contributed by atoms with Gasteiger partial charge in [0.2, 0.25) is 0 Å². The van der Waals surface area contributed by atoms with Crippen LogP contribution < -0.4 is 0 Å². The number of nitrogens with one attached hydrogen (secondary N) is 1. The maximum Gasteiger partial charge on any atom is 0.409 e. The molecule has 5 nitrogen and oxygen atoms in total. The second-order valence-corrected chi connectivity index (χ2v) is 4.54. The van der Waals surface area contributed by atoms with Crippen molar-refractivity contribution < 1.29 is 14.3 Å². The van der Waals surface area contributed by atoms with Crippen molar-refractivity contribution in [3.63, 3.8) is 0 Å². The van der Waals surface area contributed by atoms with E-state index in [-0.39, 0.29) is 18.5 Å². The van der Waals surface area contributed by atoms with E-state index in [1.54, 1.807) is 4.90 Å². The molecule has 1 aliphatic rings. The van der Waals surface area contributed by atoms with Crippen molar-refractivity contribution in [1.82, 2.24) is 4.90 Å². The topological polar surface area (TPSA) is 62.6 Å². The number of nitrogens with zero attached hydrogens (tertiary/aromatic N) is 1.